The topological polar surface area (TPSA) is 97.8 Å². The number of carboxylic acids is 1. The van der Waals surface area contributed by atoms with Gasteiger partial charge in [-0.05, 0) is 30.3 Å². The molecule has 2 aromatic rings. The summed E-state index contributed by atoms with van der Waals surface area (Å²) < 4.78 is 5.60. The van der Waals surface area contributed by atoms with Crippen molar-refractivity contribution in [3.8, 4) is 5.75 Å². The van der Waals surface area contributed by atoms with Crippen molar-refractivity contribution in [3.63, 3.8) is 0 Å². The Hall–Kier alpha value is -2.89. The van der Waals surface area contributed by atoms with E-state index in [4.69, 9.17) is 15.6 Å². The average molecular weight is 285 g/mol. The van der Waals surface area contributed by atoms with Crippen molar-refractivity contribution in [1.29, 1.82) is 0 Å². The van der Waals surface area contributed by atoms with E-state index in [1.165, 1.54) is 7.05 Å². The van der Waals surface area contributed by atoms with Gasteiger partial charge in [-0.25, -0.2) is 4.79 Å². The predicted molar refractivity (Wildman–Crippen MR) is 79.5 cm³/mol. The summed E-state index contributed by atoms with van der Waals surface area (Å²) in [5, 5.41) is 9.11. The van der Waals surface area contributed by atoms with E-state index < -0.39 is 5.97 Å². The summed E-state index contributed by atoms with van der Waals surface area (Å²) in [6.07, 6.45) is 1.68. The average Bonchev–Trinajstić information content (AvgIpc) is 2.49. The third kappa shape index (κ3) is 3.56. The number of aliphatic carboxylic acids is 1. The number of aromatic nitrogens is 1. The molecule has 6 heteroatoms. The Morgan fingerprint density at radius 3 is 2.81 bits per heavy atom. The van der Waals surface area contributed by atoms with Crippen LogP contribution < -0.4 is 10.5 Å². The zero-order valence-corrected chi connectivity index (χ0v) is 11.5. The molecule has 0 fully saturated rings. The summed E-state index contributed by atoms with van der Waals surface area (Å²) in [6, 6.07) is 10.4. The number of benzene rings is 1. The highest BCUT2D eigenvalue weighted by Gasteiger charge is 2.15. The van der Waals surface area contributed by atoms with Crippen molar-refractivity contribution in [1.82, 2.24) is 4.98 Å². The number of anilines is 1. The lowest BCUT2D eigenvalue weighted by atomic mass is 10.1. The zero-order valence-electron chi connectivity index (χ0n) is 11.5. The summed E-state index contributed by atoms with van der Waals surface area (Å²) >= 11 is 0. The Kier molecular flexibility index (Phi) is 4.50. The lowest BCUT2D eigenvalue weighted by Crippen LogP contribution is -2.16. The molecule has 108 valence electrons. The van der Waals surface area contributed by atoms with Gasteiger partial charge in [-0.3, -0.25) is 9.98 Å². The highest BCUT2D eigenvalue weighted by molar-refractivity contribution is 6.43. The predicted octanol–water partition coefficient (Wildman–Crippen LogP) is 1.75. The summed E-state index contributed by atoms with van der Waals surface area (Å²) in [6.45, 7) is 0.288. The normalized spacial score (nSPS) is 11.2. The number of carbonyl (C=O) groups is 1. The maximum atomic E-state index is 11.1. The first-order valence-electron chi connectivity index (χ1n) is 6.24. The molecule has 1 aromatic heterocycles. The van der Waals surface area contributed by atoms with Gasteiger partial charge in [0, 0.05) is 24.5 Å². The van der Waals surface area contributed by atoms with Gasteiger partial charge in [0.05, 0.1) is 5.69 Å². The van der Waals surface area contributed by atoms with E-state index in [1.54, 1.807) is 24.4 Å². The first-order chi connectivity index (χ1) is 10.1. The third-order valence-electron chi connectivity index (χ3n) is 2.82. The molecule has 0 atom stereocenters. The standard InChI is InChI=1S/C15H15N3O3/c1-17-14(15(19)20)12-8-11(5-6-13(12)16)21-9-10-4-2-3-7-18-10/h2-8H,9,16H2,1H3,(H,19,20). The minimum absolute atomic E-state index is 0.101. The lowest BCUT2D eigenvalue weighted by molar-refractivity contribution is -0.129. The maximum Gasteiger partial charge on any atom is 0.354 e. The van der Waals surface area contributed by atoms with E-state index in [9.17, 15) is 4.79 Å². The summed E-state index contributed by atoms with van der Waals surface area (Å²) in [5.74, 6) is -0.627. The Balaban J connectivity index is 2.21. The first-order valence-corrected chi connectivity index (χ1v) is 6.24. The molecular formula is C15H15N3O3. The van der Waals surface area contributed by atoms with Gasteiger partial charge in [0.15, 0.2) is 5.71 Å². The van der Waals surface area contributed by atoms with E-state index in [1.807, 2.05) is 18.2 Å². The molecular weight excluding hydrogens is 270 g/mol. The van der Waals surface area contributed by atoms with Gasteiger partial charge in [0.25, 0.3) is 0 Å². The monoisotopic (exact) mass is 285 g/mol. The number of pyridine rings is 1. The number of carboxylic acid groups (broad SMARTS) is 1. The Morgan fingerprint density at radius 1 is 1.38 bits per heavy atom. The minimum atomic E-state index is -1.13. The molecule has 0 aliphatic rings. The van der Waals surface area contributed by atoms with Crippen LogP contribution in [0.5, 0.6) is 5.75 Å². The number of rotatable bonds is 5. The van der Waals surface area contributed by atoms with Crippen LogP contribution in [0.25, 0.3) is 0 Å². The highest BCUT2D eigenvalue weighted by atomic mass is 16.5. The summed E-state index contributed by atoms with van der Waals surface area (Å²) in [7, 11) is 1.41. The van der Waals surface area contributed by atoms with Crippen LogP contribution in [0.4, 0.5) is 5.69 Å². The molecule has 21 heavy (non-hydrogen) atoms. The largest absolute Gasteiger partial charge is 0.487 e. The van der Waals surface area contributed by atoms with Crippen LogP contribution in [-0.4, -0.2) is 28.8 Å². The van der Waals surface area contributed by atoms with Gasteiger partial charge >= 0.3 is 5.97 Å². The molecule has 0 aliphatic heterocycles. The minimum Gasteiger partial charge on any atom is -0.487 e. The molecule has 2 rings (SSSR count). The zero-order chi connectivity index (χ0) is 15.2. The maximum absolute atomic E-state index is 11.1. The van der Waals surface area contributed by atoms with Crippen molar-refractivity contribution >= 4 is 17.4 Å². The van der Waals surface area contributed by atoms with E-state index in [0.717, 1.165) is 5.69 Å². The second-order valence-electron chi connectivity index (χ2n) is 4.24. The van der Waals surface area contributed by atoms with Gasteiger partial charge in [-0.2, -0.15) is 0 Å². The van der Waals surface area contributed by atoms with Gasteiger partial charge in [0.1, 0.15) is 12.4 Å². The molecule has 6 nitrogen and oxygen atoms in total. The Bertz CT molecular complexity index is 669. The molecule has 3 N–H and O–H groups in total. The number of ether oxygens (including phenoxy) is 1. The van der Waals surface area contributed by atoms with Crippen LogP contribution in [-0.2, 0) is 11.4 Å². The number of hydrogen-bond acceptors (Lipinski definition) is 5. The second kappa shape index (κ2) is 6.51. The molecule has 0 spiro atoms. The van der Waals surface area contributed by atoms with Crippen LogP contribution in [0.1, 0.15) is 11.3 Å². The van der Waals surface area contributed by atoms with Crippen LogP contribution in [0.3, 0.4) is 0 Å². The number of aliphatic imine (C=N–C) groups is 1. The van der Waals surface area contributed by atoms with E-state index in [-0.39, 0.29) is 12.3 Å². The molecule has 0 amide bonds. The van der Waals surface area contributed by atoms with Crippen LogP contribution in [0, 0.1) is 0 Å². The van der Waals surface area contributed by atoms with Gasteiger partial charge in [0.2, 0.25) is 0 Å². The van der Waals surface area contributed by atoms with Crippen molar-refractivity contribution in [2.75, 3.05) is 12.8 Å². The molecule has 1 aromatic carbocycles. The molecule has 0 bridgehead atoms. The Morgan fingerprint density at radius 2 is 2.19 bits per heavy atom. The quantitative estimate of drug-likeness (QED) is 0.644. The molecule has 0 saturated carbocycles. The summed E-state index contributed by atoms with van der Waals surface area (Å²) in [5.41, 5.74) is 7.15. The fourth-order valence-electron chi connectivity index (χ4n) is 1.80. The highest BCUT2D eigenvalue weighted by Crippen LogP contribution is 2.21. The van der Waals surface area contributed by atoms with E-state index in [0.29, 0.717) is 17.0 Å². The molecule has 0 aliphatic carbocycles. The first kappa shape index (κ1) is 14.5. The lowest BCUT2D eigenvalue weighted by Gasteiger charge is -2.10. The SMILES string of the molecule is CN=C(C(=O)O)c1cc(OCc2ccccn2)ccc1N. The smallest absolute Gasteiger partial charge is 0.354 e. The molecule has 0 unspecified atom stereocenters. The fourth-order valence-corrected chi connectivity index (χ4v) is 1.80. The second-order valence-corrected chi connectivity index (χ2v) is 4.24. The van der Waals surface area contributed by atoms with E-state index in [2.05, 4.69) is 9.98 Å². The molecule has 0 radical (unpaired) electrons. The van der Waals surface area contributed by atoms with Crippen molar-refractivity contribution in [3.05, 3.63) is 53.9 Å². The number of nitrogens with zero attached hydrogens (tertiary/aromatic N) is 2. The van der Waals surface area contributed by atoms with Gasteiger partial charge in [-0.1, -0.05) is 6.07 Å². The van der Waals surface area contributed by atoms with Crippen molar-refractivity contribution in [2.24, 2.45) is 4.99 Å². The molecule has 0 saturated heterocycles. The number of hydrogen-bond donors (Lipinski definition) is 2. The van der Waals surface area contributed by atoms with Crippen LogP contribution in [0.2, 0.25) is 0 Å². The van der Waals surface area contributed by atoms with Crippen LogP contribution >= 0.6 is 0 Å². The fraction of sp³-hybridized carbons (Fsp3) is 0.133. The van der Waals surface area contributed by atoms with E-state index >= 15 is 0 Å². The number of nitrogens with two attached hydrogens (primary N) is 1. The summed E-state index contributed by atoms with van der Waals surface area (Å²) in [4.78, 5) is 19.0. The third-order valence-corrected chi connectivity index (χ3v) is 2.82. The number of nitrogen functional groups attached to an aromatic ring is 1. The van der Waals surface area contributed by atoms with Gasteiger partial charge in [-0.15, -0.1) is 0 Å². The van der Waals surface area contributed by atoms with Crippen molar-refractivity contribution < 1.29 is 14.6 Å². The van der Waals surface area contributed by atoms with Gasteiger partial charge < -0.3 is 15.6 Å². The Labute approximate surface area is 121 Å². The molecule has 1 heterocycles. The van der Waals surface area contributed by atoms with Crippen molar-refractivity contribution in [2.45, 2.75) is 6.61 Å². The van der Waals surface area contributed by atoms with Crippen LogP contribution in [0.15, 0.2) is 47.6 Å².